The molecule has 0 saturated carbocycles. The second-order valence-electron chi connectivity index (χ2n) is 7.62. The molecule has 0 unspecified atom stereocenters. The number of fused-ring (bicyclic) bond motifs is 1. The van der Waals surface area contributed by atoms with E-state index in [0.717, 1.165) is 9.87 Å². The van der Waals surface area contributed by atoms with Crippen LogP contribution < -0.4 is 14.8 Å². The molecule has 0 aromatic heterocycles. The number of carbonyl (C=O) groups is 1. The first-order valence-electron chi connectivity index (χ1n) is 10.3. The molecular formula is C24H23FN2O5S. The summed E-state index contributed by atoms with van der Waals surface area (Å²) >= 11 is 0. The Bertz CT molecular complexity index is 1240. The smallest absolute Gasteiger partial charge is 0.243 e. The fourth-order valence-corrected chi connectivity index (χ4v) is 4.74. The van der Waals surface area contributed by atoms with Crippen molar-refractivity contribution in [3.8, 4) is 11.5 Å². The van der Waals surface area contributed by atoms with Crippen LogP contribution in [0.15, 0.2) is 71.6 Å². The number of hydrogen-bond donors (Lipinski definition) is 1. The summed E-state index contributed by atoms with van der Waals surface area (Å²) < 4.78 is 52.0. The van der Waals surface area contributed by atoms with Crippen LogP contribution in [-0.2, 0) is 21.4 Å². The van der Waals surface area contributed by atoms with Crippen molar-refractivity contribution in [3.05, 3.63) is 83.7 Å². The molecule has 1 amide bonds. The Morgan fingerprint density at radius 3 is 2.33 bits per heavy atom. The van der Waals surface area contributed by atoms with Crippen molar-refractivity contribution in [1.29, 1.82) is 0 Å². The fraction of sp³-hybridized carbons (Fsp3) is 0.208. The Morgan fingerprint density at radius 2 is 1.64 bits per heavy atom. The zero-order valence-electron chi connectivity index (χ0n) is 18.0. The summed E-state index contributed by atoms with van der Waals surface area (Å²) in [7, 11) is -3.99. The molecule has 0 bridgehead atoms. The van der Waals surface area contributed by atoms with Crippen LogP contribution in [0, 0.1) is 12.7 Å². The monoisotopic (exact) mass is 470 g/mol. The highest BCUT2D eigenvalue weighted by Crippen LogP contribution is 2.32. The van der Waals surface area contributed by atoms with Crippen LogP contribution in [0.3, 0.4) is 0 Å². The molecule has 3 aromatic carbocycles. The van der Waals surface area contributed by atoms with E-state index in [9.17, 15) is 17.6 Å². The van der Waals surface area contributed by atoms with E-state index in [-0.39, 0.29) is 11.4 Å². The normalized spacial score (nSPS) is 13.1. The van der Waals surface area contributed by atoms with Crippen molar-refractivity contribution in [2.45, 2.75) is 18.4 Å². The summed E-state index contributed by atoms with van der Waals surface area (Å²) in [6.45, 7) is 2.19. The molecule has 0 aliphatic carbocycles. The van der Waals surface area contributed by atoms with E-state index in [1.807, 2.05) is 6.92 Å². The second kappa shape index (κ2) is 9.60. The molecule has 3 aromatic rings. The third kappa shape index (κ3) is 5.50. The standard InChI is InChI=1S/C24H23FN2O5S/c1-17-2-9-21(10-3-17)33(29,30)27(15-18-4-6-19(25)7-5-18)16-24(28)26-20-8-11-22-23(14-20)32-13-12-31-22/h2-11,14H,12-13,15-16H2,1H3,(H,26,28). The average Bonchev–Trinajstić information content (AvgIpc) is 2.80. The highest BCUT2D eigenvalue weighted by Gasteiger charge is 2.27. The minimum absolute atomic E-state index is 0.0716. The van der Waals surface area contributed by atoms with Crippen LogP contribution in [-0.4, -0.2) is 38.4 Å². The van der Waals surface area contributed by atoms with Crippen molar-refractivity contribution in [3.63, 3.8) is 0 Å². The third-order valence-corrected chi connectivity index (χ3v) is 6.88. The Hall–Kier alpha value is -3.43. The van der Waals surface area contributed by atoms with E-state index in [1.54, 1.807) is 30.3 Å². The molecule has 0 saturated heterocycles. The summed E-state index contributed by atoms with van der Waals surface area (Å²) in [5.74, 6) is 0.140. The SMILES string of the molecule is Cc1ccc(S(=O)(=O)N(CC(=O)Nc2ccc3c(c2)OCCO3)Cc2ccc(F)cc2)cc1. The predicted octanol–water partition coefficient (Wildman–Crippen LogP) is 3.73. The van der Waals surface area contributed by atoms with Gasteiger partial charge >= 0.3 is 0 Å². The van der Waals surface area contributed by atoms with Crippen molar-refractivity contribution < 1.29 is 27.1 Å². The van der Waals surface area contributed by atoms with Gasteiger partial charge in [-0.15, -0.1) is 0 Å². The topological polar surface area (TPSA) is 84.9 Å². The molecule has 9 heteroatoms. The summed E-state index contributed by atoms with van der Waals surface area (Å²) in [6, 6.07) is 16.8. The zero-order chi connectivity index (χ0) is 23.4. The van der Waals surface area contributed by atoms with E-state index < -0.39 is 28.3 Å². The van der Waals surface area contributed by atoms with Gasteiger partial charge in [0.2, 0.25) is 15.9 Å². The number of hydrogen-bond acceptors (Lipinski definition) is 5. The summed E-state index contributed by atoms with van der Waals surface area (Å²) in [4.78, 5) is 12.9. The van der Waals surface area contributed by atoms with Gasteiger partial charge < -0.3 is 14.8 Å². The van der Waals surface area contributed by atoms with Crippen LogP contribution in [0.5, 0.6) is 11.5 Å². The van der Waals surface area contributed by atoms with Gasteiger partial charge in [0.25, 0.3) is 0 Å². The summed E-state index contributed by atoms with van der Waals surface area (Å²) in [5, 5.41) is 2.71. The van der Waals surface area contributed by atoms with Crippen molar-refractivity contribution in [1.82, 2.24) is 4.31 Å². The van der Waals surface area contributed by atoms with Gasteiger partial charge in [-0.25, -0.2) is 12.8 Å². The number of rotatable bonds is 7. The quantitative estimate of drug-likeness (QED) is 0.569. The Balaban J connectivity index is 1.56. The molecule has 7 nitrogen and oxygen atoms in total. The fourth-order valence-electron chi connectivity index (χ4n) is 3.36. The van der Waals surface area contributed by atoms with Gasteiger partial charge in [0.1, 0.15) is 19.0 Å². The Morgan fingerprint density at radius 1 is 0.970 bits per heavy atom. The minimum Gasteiger partial charge on any atom is -0.486 e. The lowest BCUT2D eigenvalue weighted by molar-refractivity contribution is -0.116. The molecule has 0 radical (unpaired) electrons. The molecule has 1 heterocycles. The number of carbonyl (C=O) groups excluding carboxylic acids is 1. The van der Waals surface area contributed by atoms with Gasteiger partial charge in [0.05, 0.1) is 11.4 Å². The zero-order valence-corrected chi connectivity index (χ0v) is 18.8. The first-order valence-corrected chi connectivity index (χ1v) is 11.8. The molecular weight excluding hydrogens is 447 g/mol. The highest BCUT2D eigenvalue weighted by atomic mass is 32.2. The first-order chi connectivity index (χ1) is 15.8. The van der Waals surface area contributed by atoms with Crippen molar-refractivity contribution >= 4 is 21.6 Å². The number of sulfonamides is 1. The van der Waals surface area contributed by atoms with E-state index >= 15 is 0 Å². The molecule has 1 aliphatic heterocycles. The summed E-state index contributed by atoms with van der Waals surface area (Å²) in [5.41, 5.74) is 1.92. The van der Waals surface area contributed by atoms with Gasteiger partial charge in [0, 0.05) is 18.3 Å². The van der Waals surface area contributed by atoms with Crippen LogP contribution >= 0.6 is 0 Å². The minimum atomic E-state index is -3.99. The number of benzene rings is 3. The van der Waals surface area contributed by atoms with Gasteiger partial charge in [-0.05, 0) is 48.9 Å². The highest BCUT2D eigenvalue weighted by molar-refractivity contribution is 7.89. The number of halogens is 1. The number of amides is 1. The molecule has 172 valence electrons. The maximum absolute atomic E-state index is 13.3. The number of ether oxygens (including phenoxy) is 2. The molecule has 0 fully saturated rings. The summed E-state index contributed by atoms with van der Waals surface area (Å²) in [6.07, 6.45) is 0. The van der Waals surface area contributed by atoms with Crippen LogP contribution in [0.4, 0.5) is 10.1 Å². The largest absolute Gasteiger partial charge is 0.486 e. The average molecular weight is 471 g/mol. The Kier molecular flexibility index (Phi) is 6.62. The number of nitrogens with one attached hydrogen (secondary N) is 1. The maximum Gasteiger partial charge on any atom is 0.243 e. The van der Waals surface area contributed by atoms with Crippen LogP contribution in [0.2, 0.25) is 0 Å². The number of aryl methyl sites for hydroxylation is 1. The molecule has 0 atom stereocenters. The van der Waals surface area contributed by atoms with Crippen molar-refractivity contribution in [2.24, 2.45) is 0 Å². The van der Waals surface area contributed by atoms with Gasteiger partial charge in [0.15, 0.2) is 11.5 Å². The van der Waals surface area contributed by atoms with Gasteiger partial charge in [-0.2, -0.15) is 4.31 Å². The van der Waals surface area contributed by atoms with Crippen molar-refractivity contribution in [2.75, 3.05) is 25.1 Å². The maximum atomic E-state index is 13.3. The predicted molar refractivity (Wildman–Crippen MR) is 121 cm³/mol. The number of nitrogens with zero attached hydrogens (tertiary/aromatic N) is 1. The molecule has 0 spiro atoms. The lowest BCUT2D eigenvalue weighted by atomic mass is 10.2. The van der Waals surface area contributed by atoms with E-state index in [2.05, 4.69) is 5.32 Å². The van der Waals surface area contributed by atoms with E-state index in [4.69, 9.17) is 9.47 Å². The van der Waals surface area contributed by atoms with Crippen LogP contribution in [0.25, 0.3) is 0 Å². The van der Waals surface area contributed by atoms with E-state index in [1.165, 1.54) is 36.4 Å². The lowest BCUT2D eigenvalue weighted by Gasteiger charge is -2.23. The van der Waals surface area contributed by atoms with Gasteiger partial charge in [-0.1, -0.05) is 29.8 Å². The molecule has 1 aliphatic rings. The molecule has 33 heavy (non-hydrogen) atoms. The van der Waals surface area contributed by atoms with Gasteiger partial charge in [-0.3, -0.25) is 4.79 Å². The van der Waals surface area contributed by atoms with Crippen LogP contribution in [0.1, 0.15) is 11.1 Å². The first kappa shape index (κ1) is 22.8. The van der Waals surface area contributed by atoms with E-state index in [0.29, 0.717) is 36.0 Å². The second-order valence-corrected chi connectivity index (χ2v) is 9.56. The third-order valence-electron chi connectivity index (χ3n) is 5.08. The molecule has 4 rings (SSSR count). The Labute approximate surface area is 191 Å². The number of anilines is 1. The lowest BCUT2D eigenvalue weighted by Crippen LogP contribution is -2.37. The molecule has 1 N–H and O–H groups in total.